The fourth-order valence-electron chi connectivity index (χ4n) is 4.43. The third-order valence-corrected chi connectivity index (χ3v) is 5.97. The molecule has 0 radical (unpaired) electrons. The average molecular weight is 427 g/mol. The molecule has 2 aliphatic rings. The van der Waals surface area contributed by atoms with E-state index >= 15 is 0 Å². The van der Waals surface area contributed by atoms with E-state index < -0.39 is 17.5 Å². The summed E-state index contributed by atoms with van der Waals surface area (Å²) in [4.78, 5) is 14.8. The van der Waals surface area contributed by atoms with Gasteiger partial charge < -0.3 is 9.64 Å². The van der Waals surface area contributed by atoms with E-state index in [4.69, 9.17) is 4.74 Å². The van der Waals surface area contributed by atoms with Crippen molar-refractivity contribution in [1.82, 2.24) is 14.7 Å². The number of aromatic nitrogens is 2. The van der Waals surface area contributed by atoms with E-state index in [-0.39, 0.29) is 11.5 Å². The van der Waals surface area contributed by atoms with Crippen LogP contribution in [0.5, 0.6) is 0 Å². The van der Waals surface area contributed by atoms with Gasteiger partial charge in [0.05, 0.1) is 31.1 Å². The van der Waals surface area contributed by atoms with E-state index in [0.717, 1.165) is 29.7 Å². The zero-order valence-electron chi connectivity index (χ0n) is 16.9. The number of hydrogen-bond donors (Lipinski definition) is 0. The molecule has 160 valence electrons. The predicted molar refractivity (Wildman–Crippen MR) is 107 cm³/mol. The summed E-state index contributed by atoms with van der Waals surface area (Å²) < 4.78 is 47.9. The third-order valence-electron chi connectivity index (χ3n) is 5.97. The number of carbonyl (C=O) groups excluding carboxylic acids is 1. The Hall–Kier alpha value is -3.13. The number of halogens is 3. The van der Waals surface area contributed by atoms with Crippen molar-refractivity contribution < 1.29 is 22.7 Å². The Kier molecular flexibility index (Phi) is 4.81. The van der Waals surface area contributed by atoms with Crippen molar-refractivity contribution in [3.8, 4) is 11.3 Å². The SMILES string of the molecule is Cn1nc2c(c1-c1cc(F)c(F)c(F)c1)CCN(C(=O)c1ccc3c(c1)COCC3)C2. The van der Waals surface area contributed by atoms with Crippen LogP contribution in [0.1, 0.15) is 32.7 Å². The highest BCUT2D eigenvalue weighted by Gasteiger charge is 2.28. The second kappa shape index (κ2) is 7.53. The highest BCUT2D eigenvalue weighted by atomic mass is 19.2. The average Bonchev–Trinajstić information content (AvgIpc) is 3.11. The molecule has 0 aliphatic carbocycles. The fraction of sp³-hybridized carbons (Fsp3) is 0.304. The van der Waals surface area contributed by atoms with Gasteiger partial charge in [0.15, 0.2) is 17.5 Å². The number of aryl methyl sites for hydroxylation is 1. The second-order valence-electron chi connectivity index (χ2n) is 7.91. The highest BCUT2D eigenvalue weighted by Crippen LogP contribution is 2.32. The standard InChI is InChI=1S/C23H20F3N3O2/c1-28-22(15-9-18(24)21(26)19(25)10-15)17-4-6-29(11-20(17)27-28)23(30)14-3-2-13-5-7-31-12-16(13)8-14/h2-3,8-10H,4-7,11-12H2,1H3. The summed E-state index contributed by atoms with van der Waals surface area (Å²) in [6.45, 7) is 1.94. The van der Waals surface area contributed by atoms with Crippen LogP contribution in [0, 0.1) is 17.5 Å². The summed E-state index contributed by atoms with van der Waals surface area (Å²) in [5.74, 6) is -4.07. The molecule has 3 aromatic rings. The maximum Gasteiger partial charge on any atom is 0.254 e. The summed E-state index contributed by atoms with van der Waals surface area (Å²) >= 11 is 0. The molecule has 0 bridgehead atoms. The fourth-order valence-corrected chi connectivity index (χ4v) is 4.43. The number of hydrogen-bond acceptors (Lipinski definition) is 3. The normalized spacial score (nSPS) is 15.5. The number of fused-ring (bicyclic) bond motifs is 2. The summed E-state index contributed by atoms with van der Waals surface area (Å²) in [6, 6.07) is 7.66. The lowest BCUT2D eigenvalue weighted by Crippen LogP contribution is -2.36. The molecule has 31 heavy (non-hydrogen) atoms. The van der Waals surface area contributed by atoms with Crippen molar-refractivity contribution in [2.24, 2.45) is 7.05 Å². The van der Waals surface area contributed by atoms with E-state index in [1.54, 1.807) is 11.9 Å². The van der Waals surface area contributed by atoms with E-state index in [1.165, 1.54) is 10.2 Å². The Morgan fingerprint density at radius 3 is 2.61 bits per heavy atom. The van der Waals surface area contributed by atoms with E-state index in [9.17, 15) is 18.0 Å². The molecule has 0 saturated heterocycles. The molecule has 2 aromatic carbocycles. The van der Waals surface area contributed by atoms with Crippen molar-refractivity contribution in [2.75, 3.05) is 13.2 Å². The Morgan fingerprint density at radius 2 is 1.84 bits per heavy atom. The van der Waals surface area contributed by atoms with Crippen LogP contribution >= 0.6 is 0 Å². The molecule has 5 nitrogen and oxygen atoms in total. The first-order chi connectivity index (χ1) is 14.9. The summed E-state index contributed by atoms with van der Waals surface area (Å²) in [6.07, 6.45) is 1.33. The Labute approximate surface area is 177 Å². The summed E-state index contributed by atoms with van der Waals surface area (Å²) in [5, 5.41) is 4.47. The quantitative estimate of drug-likeness (QED) is 0.585. The lowest BCUT2D eigenvalue weighted by Gasteiger charge is -2.27. The maximum atomic E-state index is 13.8. The molecular weight excluding hydrogens is 407 g/mol. The first-order valence-corrected chi connectivity index (χ1v) is 10.1. The zero-order chi connectivity index (χ0) is 21.7. The van der Waals surface area contributed by atoms with Gasteiger partial charge in [-0.3, -0.25) is 9.48 Å². The van der Waals surface area contributed by atoms with Gasteiger partial charge in [-0.05, 0) is 48.2 Å². The van der Waals surface area contributed by atoms with E-state index in [2.05, 4.69) is 5.10 Å². The zero-order valence-corrected chi connectivity index (χ0v) is 16.9. The number of benzene rings is 2. The van der Waals surface area contributed by atoms with Crippen molar-refractivity contribution >= 4 is 5.91 Å². The Morgan fingerprint density at radius 1 is 1.06 bits per heavy atom. The first kappa shape index (κ1) is 19.8. The smallest absolute Gasteiger partial charge is 0.254 e. The van der Waals surface area contributed by atoms with Crippen LogP contribution in [0.3, 0.4) is 0 Å². The lowest BCUT2D eigenvalue weighted by atomic mass is 9.97. The number of amides is 1. The molecule has 0 spiro atoms. The molecular formula is C23H20F3N3O2. The van der Waals surface area contributed by atoms with Crippen LogP contribution < -0.4 is 0 Å². The molecule has 8 heteroatoms. The Balaban J connectivity index is 1.43. The van der Waals surface area contributed by atoms with Gasteiger partial charge in [0, 0.05) is 30.3 Å². The number of rotatable bonds is 2. The second-order valence-corrected chi connectivity index (χ2v) is 7.91. The van der Waals surface area contributed by atoms with E-state index in [0.29, 0.717) is 49.7 Å². The Bertz CT molecular complexity index is 1180. The number of carbonyl (C=O) groups is 1. The largest absolute Gasteiger partial charge is 0.376 e. The first-order valence-electron chi connectivity index (χ1n) is 10.1. The minimum atomic E-state index is -1.49. The molecule has 5 rings (SSSR count). The molecule has 0 atom stereocenters. The molecule has 0 saturated carbocycles. The van der Waals surface area contributed by atoms with Gasteiger partial charge in [-0.25, -0.2) is 13.2 Å². The van der Waals surface area contributed by atoms with Crippen LogP contribution in [0.25, 0.3) is 11.3 Å². The van der Waals surface area contributed by atoms with Crippen LogP contribution in [0.2, 0.25) is 0 Å². The van der Waals surface area contributed by atoms with Crippen molar-refractivity contribution in [3.05, 3.63) is 75.7 Å². The molecule has 1 aromatic heterocycles. The van der Waals surface area contributed by atoms with Crippen molar-refractivity contribution in [1.29, 1.82) is 0 Å². The van der Waals surface area contributed by atoms with Gasteiger partial charge >= 0.3 is 0 Å². The van der Waals surface area contributed by atoms with Crippen molar-refractivity contribution in [3.63, 3.8) is 0 Å². The number of nitrogens with zero attached hydrogens (tertiary/aromatic N) is 3. The van der Waals surface area contributed by atoms with Crippen LogP contribution in [-0.4, -0.2) is 33.7 Å². The maximum absolute atomic E-state index is 13.8. The highest BCUT2D eigenvalue weighted by molar-refractivity contribution is 5.94. The molecule has 0 unspecified atom stereocenters. The van der Waals surface area contributed by atoms with Crippen LogP contribution in [0.4, 0.5) is 13.2 Å². The topological polar surface area (TPSA) is 47.4 Å². The van der Waals surface area contributed by atoms with E-state index in [1.807, 2.05) is 18.2 Å². The van der Waals surface area contributed by atoms with Crippen LogP contribution in [-0.2, 0) is 37.8 Å². The van der Waals surface area contributed by atoms with Gasteiger partial charge in [0.2, 0.25) is 0 Å². The monoisotopic (exact) mass is 427 g/mol. The summed E-state index contributed by atoms with van der Waals surface area (Å²) in [7, 11) is 1.67. The molecule has 1 amide bonds. The third kappa shape index (κ3) is 3.40. The van der Waals surface area contributed by atoms with Gasteiger partial charge in [0.25, 0.3) is 5.91 Å². The summed E-state index contributed by atoms with van der Waals surface area (Å²) in [5.41, 5.74) is 5.09. The van der Waals surface area contributed by atoms with Gasteiger partial charge in [-0.1, -0.05) is 6.07 Å². The predicted octanol–water partition coefficient (Wildman–Crippen LogP) is 3.78. The van der Waals surface area contributed by atoms with Crippen molar-refractivity contribution in [2.45, 2.75) is 26.0 Å². The van der Waals surface area contributed by atoms with Gasteiger partial charge in [-0.15, -0.1) is 0 Å². The van der Waals surface area contributed by atoms with Gasteiger partial charge in [0.1, 0.15) is 0 Å². The minimum absolute atomic E-state index is 0.0925. The molecule has 2 aliphatic heterocycles. The molecule has 0 N–H and O–H groups in total. The minimum Gasteiger partial charge on any atom is -0.376 e. The molecule has 3 heterocycles. The van der Waals surface area contributed by atoms with Crippen LogP contribution in [0.15, 0.2) is 30.3 Å². The lowest BCUT2D eigenvalue weighted by molar-refractivity contribution is 0.0731. The molecule has 0 fully saturated rings. The van der Waals surface area contributed by atoms with Gasteiger partial charge in [-0.2, -0.15) is 5.10 Å². The number of ether oxygens (including phenoxy) is 1.